The monoisotopic (exact) mass is 352 g/mol. The molecule has 0 saturated carbocycles. The van der Waals surface area contributed by atoms with Crippen molar-refractivity contribution >= 4 is 21.6 Å². The van der Waals surface area contributed by atoms with Crippen LogP contribution in [0.2, 0.25) is 0 Å². The lowest BCUT2D eigenvalue weighted by molar-refractivity contribution is -0.120. The van der Waals surface area contributed by atoms with Crippen molar-refractivity contribution in [3.8, 4) is 0 Å². The van der Waals surface area contributed by atoms with Crippen molar-refractivity contribution in [3.63, 3.8) is 0 Å². The van der Waals surface area contributed by atoms with E-state index in [0.29, 0.717) is 32.4 Å². The number of nitrogens with zero attached hydrogens (tertiary/aromatic N) is 1. The van der Waals surface area contributed by atoms with Crippen molar-refractivity contribution in [2.75, 3.05) is 24.2 Å². The van der Waals surface area contributed by atoms with Crippen LogP contribution in [0.15, 0.2) is 18.2 Å². The lowest BCUT2D eigenvalue weighted by atomic mass is 9.97. The second kappa shape index (κ2) is 8.12. The van der Waals surface area contributed by atoms with Crippen LogP contribution >= 0.6 is 0 Å². The smallest absolute Gasteiger partial charge is 0.227 e. The highest BCUT2D eigenvalue weighted by Gasteiger charge is 2.30. The van der Waals surface area contributed by atoms with Crippen LogP contribution in [0.4, 0.5) is 5.69 Å². The van der Waals surface area contributed by atoms with Gasteiger partial charge in [-0.05, 0) is 44.7 Å². The number of unbranched alkanes of at least 4 members (excludes halogenated alkanes) is 1. The number of piperidine rings is 1. The van der Waals surface area contributed by atoms with Gasteiger partial charge in [-0.25, -0.2) is 12.7 Å². The average molecular weight is 353 g/mol. The molecule has 0 aromatic heterocycles. The maximum atomic E-state index is 12.5. The normalized spacial score (nSPS) is 17.0. The highest BCUT2D eigenvalue weighted by molar-refractivity contribution is 7.89. The van der Waals surface area contributed by atoms with E-state index < -0.39 is 10.0 Å². The number of benzene rings is 1. The number of aryl methyl sites for hydroxylation is 2. The van der Waals surface area contributed by atoms with Crippen LogP contribution in [0.3, 0.4) is 0 Å². The molecule has 1 aromatic rings. The zero-order valence-electron chi connectivity index (χ0n) is 14.8. The van der Waals surface area contributed by atoms with Gasteiger partial charge in [0.2, 0.25) is 15.9 Å². The summed E-state index contributed by atoms with van der Waals surface area (Å²) in [6.07, 6.45) is 2.73. The van der Waals surface area contributed by atoms with Crippen LogP contribution in [-0.2, 0) is 14.8 Å². The predicted octanol–water partition coefficient (Wildman–Crippen LogP) is 3.08. The van der Waals surface area contributed by atoms with Crippen LogP contribution in [0.5, 0.6) is 0 Å². The van der Waals surface area contributed by atoms with Crippen molar-refractivity contribution < 1.29 is 13.2 Å². The Morgan fingerprint density at radius 2 is 1.92 bits per heavy atom. The van der Waals surface area contributed by atoms with Crippen LogP contribution in [0.25, 0.3) is 0 Å². The SMILES string of the molecule is CCCCS(=O)(=O)N1CCC(C(=O)Nc2ccc(C)cc2C)CC1. The second-order valence-corrected chi connectivity index (χ2v) is 8.74. The lowest BCUT2D eigenvalue weighted by Crippen LogP contribution is -2.42. The molecule has 0 atom stereocenters. The van der Waals surface area contributed by atoms with Gasteiger partial charge in [0.1, 0.15) is 0 Å². The molecule has 0 aliphatic carbocycles. The number of nitrogens with one attached hydrogen (secondary N) is 1. The maximum absolute atomic E-state index is 12.5. The van der Waals surface area contributed by atoms with Gasteiger partial charge in [-0.1, -0.05) is 31.0 Å². The van der Waals surface area contributed by atoms with E-state index >= 15 is 0 Å². The lowest BCUT2D eigenvalue weighted by Gasteiger charge is -2.30. The molecule has 1 heterocycles. The van der Waals surface area contributed by atoms with Gasteiger partial charge in [-0.3, -0.25) is 4.79 Å². The standard InChI is InChI=1S/C18H28N2O3S/c1-4-5-12-24(22,23)20-10-8-16(9-11-20)18(21)19-17-7-6-14(2)13-15(17)3/h6-7,13,16H,4-5,8-12H2,1-3H3,(H,19,21). The van der Waals surface area contributed by atoms with Crippen molar-refractivity contribution in [1.82, 2.24) is 4.31 Å². The van der Waals surface area contributed by atoms with Crippen LogP contribution in [0, 0.1) is 19.8 Å². The summed E-state index contributed by atoms with van der Waals surface area (Å²) >= 11 is 0. The first-order chi connectivity index (χ1) is 11.3. The largest absolute Gasteiger partial charge is 0.326 e. The fraction of sp³-hybridized carbons (Fsp3) is 0.611. The third kappa shape index (κ3) is 4.80. The number of carbonyl (C=O) groups is 1. The minimum Gasteiger partial charge on any atom is -0.326 e. The number of carbonyl (C=O) groups excluding carboxylic acids is 1. The van der Waals surface area contributed by atoms with E-state index in [2.05, 4.69) is 5.32 Å². The number of anilines is 1. The highest BCUT2D eigenvalue weighted by atomic mass is 32.2. The van der Waals surface area contributed by atoms with E-state index in [-0.39, 0.29) is 17.6 Å². The summed E-state index contributed by atoms with van der Waals surface area (Å²) in [5, 5.41) is 2.99. The average Bonchev–Trinajstić information content (AvgIpc) is 2.55. The molecular formula is C18H28N2O3S. The summed E-state index contributed by atoms with van der Waals surface area (Å²) in [6.45, 7) is 6.87. The zero-order chi connectivity index (χ0) is 17.7. The van der Waals surface area contributed by atoms with Gasteiger partial charge >= 0.3 is 0 Å². The number of hydrogen-bond donors (Lipinski definition) is 1. The van der Waals surface area contributed by atoms with Gasteiger partial charge in [0.25, 0.3) is 0 Å². The maximum Gasteiger partial charge on any atom is 0.227 e. The van der Waals surface area contributed by atoms with Crippen molar-refractivity contribution in [1.29, 1.82) is 0 Å². The number of hydrogen-bond acceptors (Lipinski definition) is 3. The van der Waals surface area contributed by atoms with E-state index in [4.69, 9.17) is 0 Å². The fourth-order valence-electron chi connectivity index (χ4n) is 3.04. The molecule has 24 heavy (non-hydrogen) atoms. The van der Waals surface area contributed by atoms with E-state index in [9.17, 15) is 13.2 Å². The van der Waals surface area contributed by atoms with Crippen LogP contribution in [-0.4, -0.2) is 37.5 Å². The molecule has 0 bridgehead atoms. The van der Waals surface area contributed by atoms with Gasteiger partial charge in [0, 0.05) is 24.7 Å². The Balaban J connectivity index is 1.91. The molecule has 0 radical (unpaired) electrons. The third-order valence-corrected chi connectivity index (χ3v) is 6.57. The quantitative estimate of drug-likeness (QED) is 0.855. The molecule has 6 heteroatoms. The molecule has 1 aliphatic rings. The van der Waals surface area contributed by atoms with Gasteiger partial charge in [-0.15, -0.1) is 0 Å². The minimum atomic E-state index is -3.16. The van der Waals surface area contributed by atoms with E-state index in [1.165, 1.54) is 0 Å². The van der Waals surface area contributed by atoms with Gasteiger partial charge in [-0.2, -0.15) is 0 Å². The Kier molecular flexibility index (Phi) is 6.40. The predicted molar refractivity (Wildman–Crippen MR) is 97.5 cm³/mol. The summed E-state index contributed by atoms with van der Waals surface area (Å²) in [6, 6.07) is 5.94. The van der Waals surface area contributed by atoms with Crippen LogP contribution < -0.4 is 5.32 Å². The van der Waals surface area contributed by atoms with Gasteiger partial charge < -0.3 is 5.32 Å². The van der Waals surface area contributed by atoms with E-state index in [0.717, 1.165) is 23.2 Å². The Labute approximate surface area is 145 Å². The first-order valence-electron chi connectivity index (χ1n) is 8.69. The topological polar surface area (TPSA) is 66.5 Å². The number of rotatable bonds is 6. The van der Waals surface area contributed by atoms with Crippen molar-refractivity contribution in [3.05, 3.63) is 29.3 Å². The van der Waals surface area contributed by atoms with E-state index in [1.807, 2.05) is 39.0 Å². The summed E-state index contributed by atoms with van der Waals surface area (Å²) < 4.78 is 26.0. The molecule has 0 spiro atoms. The molecule has 1 N–H and O–H groups in total. The fourth-order valence-corrected chi connectivity index (χ4v) is 4.72. The highest BCUT2D eigenvalue weighted by Crippen LogP contribution is 2.23. The molecule has 2 rings (SSSR count). The number of sulfonamides is 1. The second-order valence-electron chi connectivity index (χ2n) is 6.65. The first kappa shape index (κ1) is 18.9. The molecule has 134 valence electrons. The third-order valence-electron chi connectivity index (χ3n) is 4.61. The summed E-state index contributed by atoms with van der Waals surface area (Å²) in [4.78, 5) is 12.5. The van der Waals surface area contributed by atoms with Gasteiger partial charge in [0.15, 0.2) is 0 Å². The molecule has 1 amide bonds. The molecular weight excluding hydrogens is 324 g/mol. The minimum absolute atomic E-state index is 0.00689. The molecule has 1 aliphatic heterocycles. The first-order valence-corrected chi connectivity index (χ1v) is 10.3. The molecule has 1 saturated heterocycles. The van der Waals surface area contributed by atoms with Crippen LogP contribution in [0.1, 0.15) is 43.7 Å². The van der Waals surface area contributed by atoms with Gasteiger partial charge in [0.05, 0.1) is 5.75 Å². The van der Waals surface area contributed by atoms with E-state index in [1.54, 1.807) is 4.31 Å². The van der Waals surface area contributed by atoms with Crippen molar-refractivity contribution in [2.24, 2.45) is 5.92 Å². The molecule has 1 fully saturated rings. The molecule has 5 nitrogen and oxygen atoms in total. The molecule has 0 unspecified atom stereocenters. The van der Waals surface area contributed by atoms with Crippen molar-refractivity contribution in [2.45, 2.75) is 46.5 Å². The Morgan fingerprint density at radius 1 is 1.25 bits per heavy atom. The molecule has 1 aromatic carbocycles. The Morgan fingerprint density at radius 3 is 2.50 bits per heavy atom. The Bertz CT molecular complexity index is 678. The summed E-state index contributed by atoms with van der Waals surface area (Å²) in [5.41, 5.74) is 3.04. The summed E-state index contributed by atoms with van der Waals surface area (Å²) in [5.74, 6) is 0.0824. The number of amides is 1. The summed E-state index contributed by atoms with van der Waals surface area (Å²) in [7, 11) is -3.16. The zero-order valence-corrected chi connectivity index (χ0v) is 15.7. The Hall–Kier alpha value is -1.40.